The van der Waals surface area contributed by atoms with Gasteiger partial charge in [0.1, 0.15) is 0 Å². The quantitative estimate of drug-likeness (QED) is 0.755. The molecule has 7 heteroatoms. The van der Waals surface area contributed by atoms with E-state index in [1.165, 1.54) is 18.3 Å². The average Bonchev–Trinajstić information content (AvgIpc) is 3.10. The Morgan fingerprint density at radius 3 is 2.64 bits per heavy atom. The van der Waals surface area contributed by atoms with Crippen molar-refractivity contribution in [2.45, 2.75) is 26.3 Å². The molecule has 0 aliphatic heterocycles. The smallest absolute Gasteiger partial charge is 0.226 e. The van der Waals surface area contributed by atoms with Crippen molar-refractivity contribution in [1.29, 1.82) is 0 Å². The maximum Gasteiger partial charge on any atom is 0.226 e. The highest BCUT2D eigenvalue weighted by Crippen LogP contribution is 2.30. The van der Waals surface area contributed by atoms with Gasteiger partial charge >= 0.3 is 0 Å². The molecule has 0 unspecified atom stereocenters. The zero-order chi connectivity index (χ0) is 18.2. The third-order valence-corrected chi connectivity index (χ3v) is 4.39. The van der Waals surface area contributed by atoms with Crippen molar-refractivity contribution in [2.24, 2.45) is 0 Å². The van der Waals surface area contributed by atoms with Crippen LogP contribution in [-0.2, 0) is 9.59 Å². The fraction of sp³-hybridized carbons (Fsp3) is 0.333. The van der Waals surface area contributed by atoms with E-state index in [9.17, 15) is 9.59 Å². The number of hydrogen-bond acceptors (Lipinski definition) is 5. The molecule has 0 fully saturated rings. The third-order valence-electron chi connectivity index (χ3n) is 3.40. The summed E-state index contributed by atoms with van der Waals surface area (Å²) in [5, 5.41) is 7.56. The highest BCUT2D eigenvalue weighted by molar-refractivity contribution is 7.10. The monoisotopic (exact) mass is 362 g/mol. The van der Waals surface area contributed by atoms with Crippen LogP contribution in [0.3, 0.4) is 0 Å². The molecular weight excluding hydrogens is 340 g/mol. The van der Waals surface area contributed by atoms with Crippen molar-refractivity contribution in [1.82, 2.24) is 5.32 Å². The molecule has 134 valence electrons. The SMILES string of the molecule is CCOc1ccc(NC(=O)C[C@H](NC(C)=O)c2cccs2)cc1OC. The largest absolute Gasteiger partial charge is 0.493 e. The van der Waals surface area contributed by atoms with Crippen LogP contribution in [0, 0.1) is 0 Å². The van der Waals surface area contributed by atoms with Crippen molar-refractivity contribution >= 4 is 28.8 Å². The molecule has 2 rings (SSSR count). The fourth-order valence-corrected chi connectivity index (χ4v) is 3.15. The van der Waals surface area contributed by atoms with E-state index in [1.54, 1.807) is 25.3 Å². The molecule has 0 aliphatic carbocycles. The minimum absolute atomic E-state index is 0.148. The highest BCUT2D eigenvalue weighted by Gasteiger charge is 2.18. The van der Waals surface area contributed by atoms with Gasteiger partial charge in [-0.25, -0.2) is 0 Å². The van der Waals surface area contributed by atoms with Crippen LogP contribution < -0.4 is 20.1 Å². The molecule has 2 amide bonds. The molecule has 0 radical (unpaired) electrons. The number of rotatable bonds is 8. The first-order valence-electron chi connectivity index (χ1n) is 7.94. The van der Waals surface area contributed by atoms with Crippen LogP contribution in [0.25, 0.3) is 0 Å². The second kappa shape index (κ2) is 9.08. The van der Waals surface area contributed by atoms with Gasteiger partial charge in [0.2, 0.25) is 11.8 Å². The maximum atomic E-state index is 12.4. The van der Waals surface area contributed by atoms with E-state index in [2.05, 4.69) is 10.6 Å². The zero-order valence-corrected chi connectivity index (χ0v) is 15.3. The molecular formula is C18H22N2O4S. The Morgan fingerprint density at radius 1 is 1.24 bits per heavy atom. The second-order valence-corrected chi connectivity index (χ2v) is 6.30. The number of benzene rings is 1. The number of carbonyl (C=O) groups is 2. The van der Waals surface area contributed by atoms with E-state index in [4.69, 9.17) is 9.47 Å². The first-order valence-corrected chi connectivity index (χ1v) is 8.82. The Labute approximate surface area is 151 Å². The van der Waals surface area contributed by atoms with Crippen LogP contribution in [0.15, 0.2) is 35.7 Å². The second-order valence-electron chi connectivity index (χ2n) is 5.32. The van der Waals surface area contributed by atoms with Crippen LogP contribution in [0.1, 0.15) is 31.2 Å². The molecule has 1 atom stereocenters. The van der Waals surface area contributed by atoms with Gasteiger partial charge in [-0.1, -0.05) is 6.07 Å². The van der Waals surface area contributed by atoms with Crippen molar-refractivity contribution < 1.29 is 19.1 Å². The first-order chi connectivity index (χ1) is 12.0. The van der Waals surface area contributed by atoms with Gasteiger partial charge < -0.3 is 20.1 Å². The molecule has 0 saturated heterocycles. The maximum absolute atomic E-state index is 12.4. The van der Waals surface area contributed by atoms with Gasteiger partial charge in [-0.3, -0.25) is 9.59 Å². The van der Waals surface area contributed by atoms with E-state index in [0.717, 1.165) is 4.88 Å². The summed E-state index contributed by atoms with van der Waals surface area (Å²) in [5.74, 6) is 0.807. The zero-order valence-electron chi connectivity index (χ0n) is 14.5. The molecule has 25 heavy (non-hydrogen) atoms. The van der Waals surface area contributed by atoms with Crippen molar-refractivity contribution in [3.8, 4) is 11.5 Å². The Balaban J connectivity index is 2.06. The van der Waals surface area contributed by atoms with Gasteiger partial charge in [-0.2, -0.15) is 0 Å². The van der Waals surface area contributed by atoms with E-state index >= 15 is 0 Å². The molecule has 2 aromatic rings. The minimum atomic E-state index is -0.345. The lowest BCUT2D eigenvalue weighted by Gasteiger charge is -2.17. The summed E-state index contributed by atoms with van der Waals surface area (Å²) in [6, 6.07) is 8.67. The molecule has 6 nitrogen and oxygen atoms in total. The Bertz CT molecular complexity index is 716. The summed E-state index contributed by atoms with van der Waals surface area (Å²) in [5.41, 5.74) is 0.609. The number of nitrogens with one attached hydrogen (secondary N) is 2. The van der Waals surface area contributed by atoms with Crippen LogP contribution in [0.2, 0.25) is 0 Å². The number of anilines is 1. The topological polar surface area (TPSA) is 76.7 Å². The lowest BCUT2D eigenvalue weighted by Crippen LogP contribution is -2.29. The van der Waals surface area contributed by atoms with Crippen molar-refractivity contribution in [2.75, 3.05) is 19.0 Å². The summed E-state index contributed by atoms with van der Waals surface area (Å²) >= 11 is 1.50. The van der Waals surface area contributed by atoms with Crippen molar-refractivity contribution in [3.05, 3.63) is 40.6 Å². The van der Waals surface area contributed by atoms with E-state index in [0.29, 0.717) is 23.8 Å². The number of hydrogen-bond donors (Lipinski definition) is 2. The Kier molecular flexibility index (Phi) is 6.82. The number of methoxy groups -OCH3 is 1. The van der Waals surface area contributed by atoms with E-state index < -0.39 is 0 Å². The normalized spacial score (nSPS) is 11.5. The third kappa shape index (κ3) is 5.49. The highest BCUT2D eigenvalue weighted by atomic mass is 32.1. The van der Waals surface area contributed by atoms with Gasteiger partial charge in [0.25, 0.3) is 0 Å². The van der Waals surface area contributed by atoms with E-state index in [-0.39, 0.29) is 24.3 Å². The van der Waals surface area contributed by atoms with Gasteiger partial charge in [0.15, 0.2) is 11.5 Å². The standard InChI is InChI=1S/C18H22N2O4S/c1-4-24-15-8-7-13(10-16(15)23-3)20-18(22)11-14(19-12(2)21)17-6-5-9-25-17/h5-10,14H,4,11H2,1-3H3,(H,19,21)(H,20,22)/t14-/m0/s1. The molecule has 0 spiro atoms. The van der Waals surface area contributed by atoms with Crippen LogP contribution in [0.5, 0.6) is 11.5 Å². The lowest BCUT2D eigenvalue weighted by molar-refractivity contribution is -0.120. The fourth-order valence-electron chi connectivity index (χ4n) is 2.38. The summed E-state index contributed by atoms with van der Waals surface area (Å²) < 4.78 is 10.7. The van der Waals surface area contributed by atoms with Gasteiger partial charge in [0, 0.05) is 23.6 Å². The number of amides is 2. The summed E-state index contributed by atoms with van der Waals surface area (Å²) in [6.45, 7) is 3.86. The average molecular weight is 362 g/mol. The number of thiophene rings is 1. The first kappa shape index (κ1) is 18.8. The molecule has 1 aromatic heterocycles. The van der Waals surface area contributed by atoms with Crippen LogP contribution in [-0.4, -0.2) is 25.5 Å². The summed E-state index contributed by atoms with van der Waals surface area (Å²) in [6.07, 6.45) is 0.148. The molecule has 0 aliphatic rings. The van der Waals surface area contributed by atoms with Gasteiger partial charge in [-0.15, -0.1) is 11.3 Å². The predicted octanol–water partition coefficient (Wildman–Crippen LogP) is 3.36. The summed E-state index contributed by atoms with van der Waals surface area (Å²) in [7, 11) is 1.55. The van der Waals surface area contributed by atoms with Gasteiger partial charge in [-0.05, 0) is 30.5 Å². The lowest BCUT2D eigenvalue weighted by atomic mass is 10.1. The number of carbonyl (C=O) groups excluding carboxylic acids is 2. The minimum Gasteiger partial charge on any atom is -0.493 e. The molecule has 2 N–H and O–H groups in total. The van der Waals surface area contributed by atoms with Gasteiger partial charge in [0.05, 0.1) is 26.2 Å². The molecule has 1 aromatic carbocycles. The van der Waals surface area contributed by atoms with E-state index in [1.807, 2.05) is 24.4 Å². The number of ether oxygens (including phenoxy) is 2. The molecule has 0 saturated carbocycles. The molecule has 0 bridgehead atoms. The Morgan fingerprint density at radius 2 is 2.04 bits per heavy atom. The Hall–Kier alpha value is -2.54. The van der Waals surface area contributed by atoms with Crippen LogP contribution >= 0.6 is 11.3 Å². The predicted molar refractivity (Wildman–Crippen MR) is 98.3 cm³/mol. The summed E-state index contributed by atoms with van der Waals surface area (Å²) in [4.78, 5) is 24.7. The molecule has 1 heterocycles. The van der Waals surface area contributed by atoms with Crippen molar-refractivity contribution in [3.63, 3.8) is 0 Å². The van der Waals surface area contributed by atoms with Crippen LogP contribution in [0.4, 0.5) is 5.69 Å².